The fourth-order valence-corrected chi connectivity index (χ4v) is 3.96. The normalized spacial score (nSPS) is 20.9. The van der Waals surface area contributed by atoms with Crippen LogP contribution in [0, 0.1) is 0 Å². The predicted octanol–water partition coefficient (Wildman–Crippen LogP) is 3.05. The summed E-state index contributed by atoms with van der Waals surface area (Å²) in [6.45, 7) is 0. The lowest BCUT2D eigenvalue weighted by Crippen LogP contribution is -2.43. The summed E-state index contributed by atoms with van der Waals surface area (Å²) in [7, 11) is -3.92. The maximum atomic E-state index is 12.8. The Hall–Kier alpha value is -1.24. The molecule has 3 rings (SSSR count). The minimum atomic E-state index is -3.92. The fourth-order valence-electron chi connectivity index (χ4n) is 2.97. The van der Waals surface area contributed by atoms with Crippen LogP contribution in [-0.4, -0.2) is 26.5 Å². The molecule has 2 aliphatic carbocycles. The van der Waals surface area contributed by atoms with Gasteiger partial charge in [0.15, 0.2) is 6.01 Å². The zero-order valence-electron chi connectivity index (χ0n) is 11.2. The Labute approximate surface area is 121 Å². The third-order valence-corrected chi connectivity index (χ3v) is 5.36. The van der Waals surface area contributed by atoms with Crippen molar-refractivity contribution >= 4 is 9.84 Å². The van der Waals surface area contributed by atoms with E-state index in [1.54, 1.807) is 0 Å². The van der Waals surface area contributed by atoms with Crippen molar-refractivity contribution < 1.29 is 26.3 Å². The molecular formula is C14H15F3O3S. The monoisotopic (exact) mass is 320 g/mol. The van der Waals surface area contributed by atoms with Crippen LogP contribution in [0.4, 0.5) is 13.2 Å². The van der Waals surface area contributed by atoms with E-state index in [2.05, 4.69) is 0 Å². The zero-order chi connectivity index (χ0) is 15.3. The molecule has 0 heterocycles. The van der Waals surface area contributed by atoms with Crippen LogP contribution in [-0.2, 0) is 22.7 Å². The van der Waals surface area contributed by atoms with Gasteiger partial charge >= 0.3 is 0 Å². The van der Waals surface area contributed by atoms with E-state index in [9.17, 15) is 21.6 Å². The van der Waals surface area contributed by atoms with Crippen LogP contribution in [0.1, 0.15) is 30.4 Å². The number of benzene rings is 1. The summed E-state index contributed by atoms with van der Waals surface area (Å²) >= 11 is 0. The Balaban J connectivity index is 1.90. The van der Waals surface area contributed by atoms with Gasteiger partial charge in [-0.05, 0) is 42.5 Å². The Morgan fingerprint density at radius 1 is 1.19 bits per heavy atom. The number of hydrogen-bond donors (Lipinski definition) is 0. The molecule has 1 aromatic carbocycles. The molecule has 7 heteroatoms. The largest absolute Gasteiger partial charge is 0.490 e. The number of alkyl halides is 3. The van der Waals surface area contributed by atoms with Gasteiger partial charge in [0.1, 0.15) is 11.9 Å². The molecule has 0 unspecified atom stereocenters. The maximum Gasteiger partial charge on any atom is 0.255 e. The van der Waals surface area contributed by atoms with Crippen LogP contribution in [0.2, 0.25) is 0 Å². The average molecular weight is 320 g/mol. The summed E-state index contributed by atoms with van der Waals surface area (Å²) in [6.07, 6.45) is 0.767. The predicted molar refractivity (Wildman–Crippen MR) is 70.2 cm³/mol. The molecule has 3 nitrogen and oxygen atoms in total. The van der Waals surface area contributed by atoms with Gasteiger partial charge in [0.2, 0.25) is 9.84 Å². The average Bonchev–Trinajstić information content (AvgIpc) is 2.86. The highest BCUT2D eigenvalue weighted by molar-refractivity contribution is 7.91. The Kier molecular flexibility index (Phi) is 3.43. The number of sulfone groups is 1. The molecule has 0 aromatic heterocycles. The van der Waals surface area contributed by atoms with E-state index < -0.39 is 27.9 Å². The second-order valence-electron chi connectivity index (χ2n) is 5.60. The van der Waals surface area contributed by atoms with Crippen molar-refractivity contribution in [3.05, 3.63) is 23.3 Å². The maximum absolute atomic E-state index is 12.8. The molecule has 0 radical (unpaired) electrons. The minimum absolute atomic E-state index is 0.00351. The second-order valence-corrected chi connectivity index (χ2v) is 7.49. The Morgan fingerprint density at radius 2 is 1.86 bits per heavy atom. The van der Waals surface area contributed by atoms with Crippen LogP contribution in [0.25, 0.3) is 0 Å². The highest BCUT2D eigenvalue weighted by atomic mass is 32.2. The number of hydrogen-bond acceptors (Lipinski definition) is 3. The van der Waals surface area contributed by atoms with Crippen LogP contribution in [0.15, 0.2) is 17.0 Å². The van der Waals surface area contributed by atoms with Crippen LogP contribution >= 0.6 is 0 Å². The first kappa shape index (κ1) is 14.7. The SMILES string of the molecule is O=S(=O)(CF)c1ccc(OC2CC(F)(F)C2)c2c1CCC2. The minimum Gasteiger partial charge on any atom is -0.490 e. The van der Waals surface area contributed by atoms with Gasteiger partial charge in [-0.15, -0.1) is 0 Å². The number of fused-ring (bicyclic) bond motifs is 1. The van der Waals surface area contributed by atoms with E-state index in [4.69, 9.17) is 4.74 Å². The Bertz CT molecular complexity index is 662. The first-order valence-electron chi connectivity index (χ1n) is 6.80. The molecule has 2 aliphatic rings. The van der Waals surface area contributed by atoms with Crippen molar-refractivity contribution in [3.8, 4) is 5.75 Å². The first-order chi connectivity index (χ1) is 9.82. The van der Waals surface area contributed by atoms with Crippen LogP contribution < -0.4 is 4.74 Å². The molecule has 1 saturated carbocycles. The summed E-state index contributed by atoms with van der Waals surface area (Å²) in [5, 5.41) is 0. The van der Waals surface area contributed by atoms with Gasteiger partial charge in [0, 0.05) is 12.8 Å². The second kappa shape index (κ2) is 4.90. The van der Waals surface area contributed by atoms with E-state index in [-0.39, 0.29) is 17.7 Å². The van der Waals surface area contributed by atoms with Gasteiger partial charge in [0.05, 0.1) is 4.90 Å². The molecule has 0 spiro atoms. The standard InChI is InChI=1S/C14H15F3O3S/c15-8-21(18,19)13-5-4-12(10-2-1-3-11(10)13)20-9-6-14(16,17)7-9/h4-5,9H,1-3,6-8H2. The number of halogens is 3. The highest BCUT2D eigenvalue weighted by Crippen LogP contribution is 2.42. The van der Waals surface area contributed by atoms with Gasteiger partial charge in [-0.3, -0.25) is 0 Å². The van der Waals surface area contributed by atoms with Crippen molar-refractivity contribution in [2.24, 2.45) is 0 Å². The summed E-state index contributed by atoms with van der Waals surface area (Å²) < 4.78 is 67.4. The topological polar surface area (TPSA) is 43.4 Å². The molecular weight excluding hydrogens is 305 g/mol. The Morgan fingerprint density at radius 3 is 2.48 bits per heavy atom. The summed E-state index contributed by atoms with van der Waals surface area (Å²) in [4.78, 5) is 0.00351. The van der Waals surface area contributed by atoms with E-state index >= 15 is 0 Å². The van der Waals surface area contributed by atoms with Crippen molar-refractivity contribution in [3.63, 3.8) is 0 Å². The van der Waals surface area contributed by atoms with Crippen LogP contribution in [0.5, 0.6) is 5.75 Å². The van der Waals surface area contributed by atoms with E-state index in [1.165, 1.54) is 12.1 Å². The van der Waals surface area contributed by atoms with Gasteiger partial charge < -0.3 is 4.74 Å². The molecule has 0 saturated heterocycles. The number of ether oxygens (including phenoxy) is 1. The van der Waals surface area contributed by atoms with Crippen molar-refractivity contribution in [1.82, 2.24) is 0 Å². The molecule has 0 bridgehead atoms. The van der Waals surface area contributed by atoms with E-state index in [1.807, 2.05) is 0 Å². The molecule has 0 aliphatic heterocycles. The zero-order valence-corrected chi connectivity index (χ0v) is 12.1. The third kappa shape index (κ3) is 2.63. The highest BCUT2D eigenvalue weighted by Gasteiger charge is 2.47. The molecule has 0 atom stereocenters. The lowest BCUT2D eigenvalue weighted by atomic mass is 9.91. The third-order valence-electron chi connectivity index (χ3n) is 4.02. The molecule has 0 amide bonds. The van der Waals surface area contributed by atoms with Gasteiger partial charge in [-0.25, -0.2) is 21.6 Å². The molecule has 1 aromatic rings. The van der Waals surface area contributed by atoms with Crippen molar-refractivity contribution in [1.29, 1.82) is 0 Å². The lowest BCUT2D eigenvalue weighted by molar-refractivity contribution is -0.134. The fraction of sp³-hybridized carbons (Fsp3) is 0.571. The molecule has 0 N–H and O–H groups in total. The summed E-state index contributed by atoms with van der Waals surface area (Å²) in [5.41, 5.74) is 1.30. The van der Waals surface area contributed by atoms with Gasteiger partial charge in [0.25, 0.3) is 5.92 Å². The quantitative estimate of drug-likeness (QED) is 0.856. The van der Waals surface area contributed by atoms with Crippen molar-refractivity contribution in [2.45, 2.75) is 49.0 Å². The van der Waals surface area contributed by atoms with Crippen molar-refractivity contribution in [2.75, 3.05) is 6.01 Å². The molecule has 1 fully saturated rings. The molecule has 21 heavy (non-hydrogen) atoms. The first-order valence-corrected chi connectivity index (χ1v) is 8.45. The summed E-state index contributed by atoms with van der Waals surface area (Å²) in [5.74, 6) is -2.20. The smallest absolute Gasteiger partial charge is 0.255 e. The summed E-state index contributed by atoms with van der Waals surface area (Å²) in [6, 6.07) is 1.35. The van der Waals surface area contributed by atoms with Gasteiger partial charge in [-0.1, -0.05) is 0 Å². The van der Waals surface area contributed by atoms with E-state index in [0.29, 0.717) is 24.2 Å². The molecule has 116 valence electrons. The lowest BCUT2D eigenvalue weighted by Gasteiger charge is -2.35. The van der Waals surface area contributed by atoms with Gasteiger partial charge in [-0.2, -0.15) is 0 Å². The van der Waals surface area contributed by atoms with Crippen LogP contribution in [0.3, 0.4) is 0 Å². The number of rotatable bonds is 4. The van der Waals surface area contributed by atoms with E-state index in [0.717, 1.165) is 12.0 Å².